The summed E-state index contributed by atoms with van der Waals surface area (Å²) in [6.45, 7) is 0.856. The molecule has 1 saturated heterocycles. The Labute approximate surface area is 146 Å². The first-order valence-corrected chi connectivity index (χ1v) is 8.64. The Hall–Kier alpha value is -2.48. The highest BCUT2D eigenvalue weighted by Gasteiger charge is 2.58. The number of nitrogens with two attached hydrogens (primary N) is 1. The van der Waals surface area contributed by atoms with Gasteiger partial charge in [-0.05, 0) is 31.2 Å². The third kappa shape index (κ3) is 2.05. The fourth-order valence-corrected chi connectivity index (χ4v) is 4.21. The second kappa shape index (κ2) is 4.82. The Morgan fingerprint density at radius 2 is 2.08 bits per heavy atom. The first-order chi connectivity index (χ1) is 12.3. The number of hydrogen-bond donors (Lipinski definition) is 2. The van der Waals surface area contributed by atoms with E-state index in [2.05, 4.69) is 0 Å². The Balaban J connectivity index is 1.77. The molecule has 2 saturated carbocycles. The maximum absolute atomic E-state index is 15.4. The number of halogens is 2. The van der Waals surface area contributed by atoms with Crippen LogP contribution in [0.3, 0.4) is 0 Å². The average Bonchev–Trinajstić information content (AvgIpc) is 3.47. The second-order valence-corrected chi connectivity index (χ2v) is 7.75. The number of aromatic carboxylic acids is 1. The third-order valence-electron chi connectivity index (χ3n) is 5.88. The number of benzene rings is 1. The topological polar surface area (TPSA) is 88.6 Å². The van der Waals surface area contributed by atoms with Gasteiger partial charge in [0.25, 0.3) is 0 Å². The van der Waals surface area contributed by atoms with Crippen molar-refractivity contribution in [1.82, 2.24) is 4.57 Å². The first kappa shape index (κ1) is 15.7. The molecule has 6 nitrogen and oxygen atoms in total. The molecular formula is C18H17F2N3O3. The molecule has 3 aliphatic rings. The molecule has 3 N–H and O–H groups in total. The zero-order valence-corrected chi connectivity index (χ0v) is 13.8. The lowest BCUT2D eigenvalue weighted by molar-refractivity contribution is 0.0695. The molecule has 0 spiro atoms. The van der Waals surface area contributed by atoms with Crippen LogP contribution in [0.2, 0.25) is 0 Å². The molecule has 0 radical (unpaired) electrons. The molecular weight excluding hydrogens is 344 g/mol. The molecule has 3 fully saturated rings. The van der Waals surface area contributed by atoms with Crippen molar-refractivity contribution in [2.24, 2.45) is 11.7 Å². The van der Waals surface area contributed by atoms with Gasteiger partial charge in [0.2, 0.25) is 5.43 Å². The van der Waals surface area contributed by atoms with Crippen LogP contribution in [0.4, 0.5) is 14.5 Å². The standard InChI is InChI=1S/C18H17F2N3O3/c19-12-3-10-14(13(20)15(12)22-5-8-4-18(8,21)7-22)23(9-1-2-9)6-11(16(10)24)17(25)26/h3,6,8-9H,1-2,4-5,7,21H2,(H,25,26). The largest absolute Gasteiger partial charge is 0.477 e. The van der Waals surface area contributed by atoms with Gasteiger partial charge in [-0.2, -0.15) is 0 Å². The molecule has 0 bridgehead atoms. The third-order valence-corrected chi connectivity index (χ3v) is 5.88. The van der Waals surface area contributed by atoms with Gasteiger partial charge in [0, 0.05) is 30.9 Å². The number of aromatic nitrogens is 1. The van der Waals surface area contributed by atoms with Gasteiger partial charge in [-0.3, -0.25) is 4.79 Å². The average molecular weight is 361 g/mol. The van der Waals surface area contributed by atoms with Gasteiger partial charge < -0.3 is 20.3 Å². The normalized spacial score (nSPS) is 27.0. The lowest BCUT2D eigenvalue weighted by Crippen LogP contribution is -2.34. The minimum Gasteiger partial charge on any atom is -0.477 e. The van der Waals surface area contributed by atoms with E-state index in [1.807, 2.05) is 0 Å². The van der Waals surface area contributed by atoms with Crippen LogP contribution in [0.15, 0.2) is 17.1 Å². The van der Waals surface area contributed by atoms with Crippen molar-refractivity contribution in [1.29, 1.82) is 0 Å². The lowest BCUT2D eigenvalue weighted by Gasteiger charge is -2.24. The molecule has 2 atom stereocenters. The molecule has 1 aromatic heterocycles. The van der Waals surface area contributed by atoms with Crippen molar-refractivity contribution in [2.75, 3.05) is 18.0 Å². The number of piperidine rings is 1. The van der Waals surface area contributed by atoms with Gasteiger partial charge in [0.05, 0.1) is 10.9 Å². The van der Waals surface area contributed by atoms with E-state index in [-0.39, 0.29) is 34.1 Å². The van der Waals surface area contributed by atoms with E-state index in [1.165, 1.54) is 10.8 Å². The molecule has 0 amide bonds. The summed E-state index contributed by atoms with van der Waals surface area (Å²) in [6, 6.07) is 0.894. The van der Waals surface area contributed by atoms with Gasteiger partial charge in [-0.1, -0.05) is 0 Å². The van der Waals surface area contributed by atoms with Crippen molar-refractivity contribution in [3.05, 3.63) is 39.7 Å². The number of hydrogen-bond acceptors (Lipinski definition) is 4. The van der Waals surface area contributed by atoms with Crippen molar-refractivity contribution in [3.63, 3.8) is 0 Å². The quantitative estimate of drug-likeness (QED) is 0.871. The van der Waals surface area contributed by atoms with Crippen LogP contribution in [-0.4, -0.2) is 34.3 Å². The van der Waals surface area contributed by atoms with E-state index in [1.54, 1.807) is 4.90 Å². The highest BCUT2D eigenvalue weighted by Crippen LogP contribution is 2.49. The van der Waals surface area contributed by atoms with Crippen molar-refractivity contribution < 1.29 is 18.7 Å². The fraction of sp³-hybridized carbons (Fsp3) is 0.444. The molecule has 1 aliphatic heterocycles. The zero-order chi connectivity index (χ0) is 18.4. The van der Waals surface area contributed by atoms with Crippen molar-refractivity contribution in [3.8, 4) is 0 Å². The van der Waals surface area contributed by atoms with Gasteiger partial charge >= 0.3 is 5.97 Å². The van der Waals surface area contributed by atoms with E-state index >= 15 is 4.39 Å². The Morgan fingerprint density at radius 3 is 2.65 bits per heavy atom. The first-order valence-electron chi connectivity index (χ1n) is 8.64. The van der Waals surface area contributed by atoms with Crippen LogP contribution in [0.1, 0.15) is 35.7 Å². The van der Waals surface area contributed by atoms with Crippen LogP contribution in [0.25, 0.3) is 10.9 Å². The number of anilines is 1. The van der Waals surface area contributed by atoms with Gasteiger partial charge in [0.15, 0.2) is 5.82 Å². The van der Waals surface area contributed by atoms with Gasteiger partial charge in [-0.15, -0.1) is 0 Å². The summed E-state index contributed by atoms with van der Waals surface area (Å²) in [5.41, 5.74) is 4.24. The summed E-state index contributed by atoms with van der Waals surface area (Å²) in [7, 11) is 0. The van der Waals surface area contributed by atoms with E-state index < -0.39 is 28.6 Å². The molecule has 2 heterocycles. The number of carbonyl (C=O) groups is 1. The molecule has 2 aliphatic carbocycles. The summed E-state index contributed by atoms with van der Waals surface area (Å²) in [5.74, 6) is -2.84. The zero-order valence-electron chi connectivity index (χ0n) is 13.8. The minimum absolute atomic E-state index is 0.0226. The fourth-order valence-electron chi connectivity index (χ4n) is 4.21. The Kier molecular flexibility index (Phi) is 2.92. The van der Waals surface area contributed by atoms with Crippen molar-refractivity contribution in [2.45, 2.75) is 30.8 Å². The number of carboxylic acid groups (broad SMARTS) is 1. The summed E-state index contributed by atoms with van der Waals surface area (Å²) < 4.78 is 31.6. The van der Waals surface area contributed by atoms with E-state index in [0.29, 0.717) is 13.1 Å². The maximum Gasteiger partial charge on any atom is 0.341 e. The molecule has 1 aromatic carbocycles. The SMILES string of the molecule is NC12CC1CN(c1c(F)cc3c(=O)c(C(=O)O)cn(C4CC4)c3c1F)C2. The summed E-state index contributed by atoms with van der Waals surface area (Å²) in [5, 5.41) is 9.02. The van der Waals surface area contributed by atoms with Gasteiger partial charge in [-0.25, -0.2) is 13.6 Å². The van der Waals surface area contributed by atoms with Gasteiger partial charge in [0.1, 0.15) is 17.1 Å². The molecule has 136 valence electrons. The summed E-state index contributed by atoms with van der Waals surface area (Å²) >= 11 is 0. The smallest absolute Gasteiger partial charge is 0.341 e. The maximum atomic E-state index is 15.4. The van der Waals surface area contributed by atoms with E-state index in [4.69, 9.17) is 5.73 Å². The number of carboxylic acids is 1. The van der Waals surface area contributed by atoms with Crippen LogP contribution >= 0.6 is 0 Å². The molecule has 2 unspecified atom stereocenters. The number of rotatable bonds is 3. The van der Waals surface area contributed by atoms with Crippen LogP contribution in [0, 0.1) is 17.6 Å². The van der Waals surface area contributed by atoms with Crippen LogP contribution in [-0.2, 0) is 0 Å². The highest BCUT2D eigenvalue weighted by molar-refractivity contribution is 5.94. The molecule has 8 heteroatoms. The molecule has 26 heavy (non-hydrogen) atoms. The predicted octanol–water partition coefficient (Wildman–Crippen LogP) is 1.85. The monoisotopic (exact) mass is 361 g/mol. The van der Waals surface area contributed by atoms with Crippen molar-refractivity contribution >= 4 is 22.6 Å². The van der Waals surface area contributed by atoms with E-state index in [0.717, 1.165) is 25.3 Å². The van der Waals surface area contributed by atoms with Crippen LogP contribution < -0.4 is 16.1 Å². The number of pyridine rings is 1. The Morgan fingerprint density at radius 1 is 1.35 bits per heavy atom. The Bertz CT molecular complexity index is 1050. The number of nitrogens with zero attached hydrogens (tertiary/aromatic N) is 2. The predicted molar refractivity (Wildman–Crippen MR) is 90.6 cm³/mol. The highest BCUT2D eigenvalue weighted by atomic mass is 19.1. The van der Waals surface area contributed by atoms with E-state index in [9.17, 15) is 19.1 Å². The van der Waals surface area contributed by atoms with Crippen LogP contribution in [0.5, 0.6) is 0 Å². The second-order valence-electron chi connectivity index (χ2n) is 7.75. The summed E-state index contributed by atoms with van der Waals surface area (Å²) in [4.78, 5) is 25.4. The minimum atomic E-state index is -1.40. The molecule has 5 rings (SSSR count). The molecule has 2 aromatic rings. The lowest BCUT2D eigenvalue weighted by atomic mass is 10.1. The number of fused-ring (bicyclic) bond motifs is 2. The summed E-state index contributed by atoms with van der Waals surface area (Å²) in [6.07, 6.45) is 3.57.